The van der Waals surface area contributed by atoms with Gasteiger partial charge in [0, 0.05) is 11.8 Å². The number of hydrogen-bond acceptors (Lipinski definition) is 2. The number of urea groups is 1. The maximum atomic E-state index is 11.7. The summed E-state index contributed by atoms with van der Waals surface area (Å²) < 4.78 is 0. The van der Waals surface area contributed by atoms with Crippen LogP contribution in [0.25, 0.3) is 6.08 Å². The number of anilines is 1. The molecule has 5 heteroatoms. The molecule has 0 fully saturated rings. The maximum absolute atomic E-state index is 11.7. The third-order valence-corrected chi connectivity index (χ3v) is 2.35. The minimum absolute atomic E-state index is 0.424. The Morgan fingerprint density at radius 2 is 2.10 bits per heavy atom. The smallest absolute Gasteiger partial charge is 0.328 e. The van der Waals surface area contributed by atoms with Crippen LogP contribution in [0.15, 0.2) is 30.3 Å². The number of amides is 2. The van der Waals surface area contributed by atoms with Crippen LogP contribution in [0.4, 0.5) is 10.5 Å². The average Bonchev–Trinajstić information content (AvgIpc) is 2.36. The van der Waals surface area contributed by atoms with Crippen LogP contribution in [-0.2, 0) is 4.79 Å². The number of carbonyl (C=O) groups is 2. The molecule has 0 radical (unpaired) electrons. The van der Waals surface area contributed by atoms with E-state index >= 15 is 0 Å². The van der Waals surface area contributed by atoms with Crippen LogP contribution < -0.4 is 10.6 Å². The van der Waals surface area contributed by atoms with E-state index in [-0.39, 0.29) is 0 Å². The van der Waals surface area contributed by atoms with Crippen molar-refractivity contribution in [3.05, 3.63) is 35.9 Å². The highest BCUT2D eigenvalue weighted by Gasteiger charge is 2.16. The standard InChI is InChI=1S/C15H16N2O3/c1-4-15(2,3)17-14(20)16-12-7-5-6-11(10-12)8-9-13(18)19/h1,5-10H,2-3H3,(H,18,19)(H2,16,17,20)/b9-8+. The van der Waals surface area contributed by atoms with Gasteiger partial charge in [-0.25, -0.2) is 9.59 Å². The molecule has 0 unspecified atom stereocenters. The Bertz CT molecular complexity index is 583. The van der Waals surface area contributed by atoms with Gasteiger partial charge in [-0.05, 0) is 37.6 Å². The highest BCUT2D eigenvalue weighted by atomic mass is 16.4. The highest BCUT2D eigenvalue weighted by Crippen LogP contribution is 2.12. The zero-order chi connectivity index (χ0) is 15.2. The van der Waals surface area contributed by atoms with Crippen LogP contribution in [0.3, 0.4) is 0 Å². The van der Waals surface area contributed by atoms with Crippen molar-refractivity contribution in [2.24, 2.45) is 0 Å². The fourth-order valence-corrected chi connectivity index (χ4v) is 1.37. The van der Waals surface area contributed by atoms with Crippen LogP contribution in [0.5, 0.6) is 0 Å². The van der Waals surface area contributed by atoms with Crippen molar-refractivity contribution in [2.45, 2.75) is 19.4 Å². The lowest BCUT2D eigenvalue weighted by Crippen LogP contribution is -2.44. The lowest BCUT2D eigenvalue weighted by atomic mass is 10.1. The van der Waals surface area contributed by atoms with Crippen molar-refractivity contribution in [2.75, 3.05) is 5.32 Å². The first kappa shape index (κ1) is 15.3. The van der Waals surface area contributed by atoms with E-state index in [0.717, 1.165) is 6.08 Å². The van der Waals surface area contributed by atoms with Crippen LogP contribution in [0.1, 0.15) is 19.4 Å². The Morgan fingerprint density at radius 3 is 2.70 bits per heavy atom. The lowest BCUT2D eigenvalue weighted by Gasteiger charge is -2.19. The fourth-order valence-electron chi connectivity index (χ4n) is 1.37. The van der Waals surface area contributed by atoms with Gasteiger partial charge < -0.3 is 15.7 Å². The summed E-state index contributed by atoms with van der Waals surface area (Å²) in [5.41, 5.74) is 0.467. The summed E-state index contributed by atoms with van der Waals surface area (Å²) in [4.78, 5) is 22.2. The van der Waals surface area contributed by atoms with Gasteiger partial charge in [0.05, 0.1) is 5.54 Å². The number of aliphatic carboxylic acids is 1. The van der Waals surface area contributed by atoms with Gasteiger partial charge in [0.15, 0.2) is 0 Å². The number of terminal acetylenes is 1. The van der Waals surface area contributed by atoms with Gasteiger partial charge in [-0.1, -0.05) is 18.1 Å². The van der Waals surface area contributed by atoms with Crippen molar-refractivity contribution in [1.82, 2.24) is 5.32 Å². The lowest BCUT2D eigenvalue weighted by molar-refractivity contribution is -0.131. The summed E-state index contributed by atoms with van der Waals surface area (Å²) in [6, 6.07) is 6.37. The summed E-state index contributed by atoms with van der Waals surface area (Å²) in [5, 5.41) is 13.8. The second-order valence-electron chi connectivity index (χ2n) is 4.65. The van der Waals surface area contributed by atoms with E-state index in [4.69, 9.17) is 11.5 Å². The Balaban J connectivity index is 2.74. The molecule has 0 bridgehead atoms. The first-order valence-corrected chi connectivity index (χ1v) is 5.90. The third kappa shape index (κ3) is 5.27. The Kier molecular flexibility index (Phi) is 4.93. The molecule has 0 atom stereocenters. The number of hydrogen-bond donors (Lipinski definition) is 3. The molecule has 5 nitrogen and oxygen atoms in total. The minimum Gasteiger partial charge on any atom is -0.478 e. The van der Waals surface area contributed by atoms with Gasteiger partial charge in [0.2, 0.25) is 0 Å². The van der Waals surface area contributed by atoms with Crippen LogP contribution in [-0.4, -0.2) is 22.6 Å². The Labute approximate surface area is 117 Å². The van der Waals surface area contributed by atoms with Crippen molar-refractivity contribution in [3.8, 4) is 12.3 Å². The molecule has 3 N–H and O–H groups in total. The monoisotopic (exact) mass is 272 g/mol. The van der Waals surface area contributed by atoms with Crippen LogP contribution in [0.2, 0.25) is 0 Å². The van der Waals surface area contributed by atoms with E-state index in [2.05, 4.69) is 16.6 Å². The molecule has 0 aromatic heterocycles. The zero-order valence-electron chi connectivity index (χ0n) is 11.3. The molecule has 0 aliphatic carbocycles. The number of carbonyl (C=O) groups excluding carboxylic acids is 1. The average molecular weight is 272 g/mol. The molecule has 0 heterocycles. The van der Waals surface area contributed by atoms with Gasteiger partial charge in [-0.15, -0.1) is 6.42 Å². The molecule has 1 aromatic rings. The number of carboxylic acids is 1. The predicted octanol–water partition coefficient (Wildman–Crippen LogP) is 2.32. The van der Waals surface area contributed by atoms with E-state index in [9.17, 15) is 9.59 Å². The fraction of sp³-hybridized carbons (Fsp3) is 0.200. The van der Waals surface area contributed by atoms with Crippen molar-refractivity contribution in [1.29, 1.82) is 0 Å². The molecular weight excluding hydrogens is 256 g/mol. The molecule has 0 aliphatic rings. The zero-order valence-corrected chi connectivity index (χ0v) is 11.3. The quantitative estimate of drug-likeness (QED) is 0.581. The van der Waals surface area contributed by atoms with Crippen molar-refractivity contribution >= 4 is 23.8 Å². The third-order valence-electron chi connectivity index (χ3n) is 2.35. The maximum Gasteiger partial charge on any atom is 0.328 e. The highest BCUT2D eigenvalue weighted by molar-refractivity contribution is 5.91. The second kappa shape index (κ2) is 6.43. The number of rotatable bonds is 4. The predicted molar refractivity (Wildman–Crippen MR) is 78.2 cm³/mol. The summed E-state index contributed by atoms with van der Waals surface area (Å²) in [6.07, 6.45) is 7.75. The minimum atomic E-state index is -1.03. The molecular formula is C15H16N2O3. The molecule has 1 rings (SSSR count). The molecule has 2 amide bonds. The summed E-state index contributed by atoms with van der Waals surface area (Å²) in [6.45, 7) is 3.41. The molecule has 0 saturated carbocycles. The van der Waals surface area contributed by atoms with E-state index in [1.807, 2.05) is 0 Å². The summed E-state index contributed by atoms with van der Waals surface area (Å²) in [5.74, 6) is 1.42. The van der Waals surface area contributed by atoms with Crippen LogP contribution >= 0.6 is 0 Å². The first-order valence-electron chi connectivity index (χ1n) is 5.90. The second-order valence-corrected chi connectivity index (χ2v) is 4.65. The van der Waals surface area contributed by atoms with Gasteiger partial charge in [0.25, 0.3) is 0 Å². The molecule has 1 aromatic carbocycles. The number of benzene rings is 1. The molecule has 0 saturated heterocycles. The molecule has 104 valence electrons. The number of nitrogens with one attached hydrogen (secondary N) is 2. The summed E-state index contributed by atoms with van der Waals surface area (Å²) in [7, 11) is 0. The SMILES string of the molecule is C#CC(C)(C)NC(=O)Nc1cccc(/C=C/C(=O)O)c1. The first-order chi connectivity index (χ1) is 9.32. The Morgan fingerprint density at radius 1 is 1.40 bits per heavy atom. The molecule has 20 heavy (non-hydrogen) atoms. The topological polar surface area (TPSA) is 78.4 Å². The van der Waals surface area contributed by atoms with Gasteiger partial charge >= 0.3 is 12.0 Å². The van der Waals surface area contributed by atoms with Gasteiger partial charge in [-0.3, -0.25) is 0 Å². The van der Waals surface area contributed by atoms with E-state index in [1.54, 1.807) is 38.1 Å². The van der Waals surface area contributed by atoms with E-state index < -0.39 is 17.5 Å². The van der Waals surface area contributed by atoms with Crippen molar-refractivity contribution in [3.63, 3.8) is 0 Å². The molecule has 0 aliphatic heterocycles. The molecule has 0 spiro atoms. The normalized spacial score (nSPS) is 10.8. The largest absolute Gasteiger partial charge is 0.478 e. The number of carboxylic acid groups (broad SMARTS) is 1. The van der Waals surface area contributed by atoms with E-state index in [1.165, 1.54) is 6.08 Å². The Hall–Kier alpha value is -2.74. The van der Waals surface area contributed by atoms with Crippen molar-refractivity contribution < 1.29 is 14.7 Å². The van der Waals surface area contributed by atoms with Gasteiger partial charge in [-0.2, -0.15) is 0 Å². The van der Waals surface area contributed by atoms with Gasteiger partial charge in [0.1, 0.15) is 0 Å². The summed E-state index contributed by atoms with van der Waals surface area (Å²) >= 11 is 0. The van der Waals surface area contributed by atoms with Crippen LogP contribution in [0, 0.1) is 12.3 Å². The van der Waals surface area contributed by atoms with E-state index in [0.29, 0.717) is 11.3 Å².